The van der Waals surface area contributed by atoms with E-state index in [1.165, 1.54) is 29.5 Å². The van der Waals surface area contributed by atoms with Gasteiger partial charge in [0.05, 0.1) is 35.1 Å². The highest BCUT2D eigenvalue weighted by atomic mass is 32.2. The maximum atomic E-state index is 14.9. The molecule has 4 aromatic heterocycles. The van der Waals surface area contributed by atoms with Crippen LogP contribution in [-0.4, -0.2) is 71.8 Å². The van der Waals surface area contributed by atoms with Gasteiger partial charge in [0.2, 0.25) is 0 Å². The van der Waals surface area contributed by atoms with E-state index in [1.54, 1.807) is 12.1 Å². The van der Waals surface area contributed by atoms with Crippen molar-refractivity contribution >= 4 is 27.3 Å². The van der Waals surface area contributed by atoms with E-state index in [-0.39, 0.29) is 30.1 Å². The first-order valence-corrected chi connectivity index (χ1v) is 16.0. The van der Waals surface area contributed by atoms with Crippen LogP contribution in [0.1, 0.15) is 44.9 Å². The molecular weight excluding hydrogens is 599 g/mol. The Kier molecular flexibility index (Phi) is 8.53. The molecule has 16 heteroatoms. The van der Waals surface area contributed by atoms with Gasteiger partial charge in [-0.25, -0.2) is 36.5 Å². The summed E-state index contributed by atoms with van der Waals surface area (Å²) < 4.78 is 67.9. The minimum atomic E-state index is -3.59. The fourth-order valence-electron chi connectivity index (χ4n) is 5.39. The third-order valence-corrected chi connectivity index (χ3v) is 9.94. The second-order valence-electron chi connectivity index (χ2n) is 11.2. The average molecular weight is 632 g/mol. The Morgan fingerprint density at radius 2 is 1.86 bits per heavy atom. The lowest BCUT2D eigenvalue weighted by Gasteiger charge is -2.30. The molecule has 0 amide bonds. The number of rotatable bonds is 12. The molecule has 0 aromatic carbocycles. The molecule has 44 heavy (non-hydrogen) atoms. The quantitative estimate of drug-likeness (QED) is 0.205. The summed E-state index contributed by atoms with van der Waals surface area (Å²) in [7, 11) is -3.59. The van der Waals surface area contributed by atoms with Crippen LogP contribution >= 0.6 is 0 Å². The van der Waals surface area contributed by atoms with E-state index < -0.39 is 34.1 Å². The van der Waals surface area contributed by atoms with Crippen molar-refractivity contribution in [3.05, 3.63) is 48.9 Å². The molecular formula is C28H32F3N9O3S. The highest BCUT2D eigenvalue weighted by Gasteiger charge is 2.37. The third kappa shape index (κ3) is 6.70. The summed E-state index contributed by atoms with van der Waals surface area (Å²) >= 11 is 0. The first kappa shape index (κ1) is 30.0. The highest BCUT2D eigenvalue weighted by molar-refractivity contribution is 7.90. The maximum Gasteiger partial charge on any atom is 0.257 e. The van der Waals surface area contributed by atoms with Gasteiger partial charge in [0.25, 0.3) is 16.4 Å². The van der Waals surface area contributed by atoms with Gasteiger partial charge in [0, 0.05) is 42.4 Å². The molecule has 0 aliphatic heterocycles. The normalized spacial score (nSPS) is 18.9. The number of alkyl halides is 2. The lowest BCUT2D eigenvalue weighted by atomic mass is 9.84. The van der Waals surface area contributed by atoms with Gasteiger partial charge in [-0.1, -0.05) is 0 Å². The van der Waals surface area contributed by atoms with Gasteiger partial charge in [-0.2, -0.15) is 14.3 Å². The van der Waals surface area contributed by atoms with Gasteiger partial charge < -0.3 is 15.7 Å². The van der Waals surface area contributed by atoms with E-state index >= 15 is 0 Å². The van der Waals surface area contributed by atoms with Crippen molar-refractivity contribution in [2.45, 2.75) is 69.2 Å². The van der Waals surface area contributed by atoms with Crippen molar-refractivity contribution in [1.82, 2.24) is 33.9 Å². The predicted molar refractivity (Wildman–Crippen MR) is 156 cm³/mol. The maximum absolute atomic E-state index is 14.9. The topological polar surface area (TPSA) is 153 Å². The van der Waals surface area contributed by atoms with Crippen LogP contribution in [0.5, 0.6) is 0 Å². The largest absolute Gasteiger partial charge is 0.396 e. The zero-order chi connectivity index (χ0) is 30.8. The molecule has 0 unspecified atom stereocenters. The smallest absolute Gasteiger partial charge is 0.257 e. The summed E-state index contributed by atoms with van der Waals surface area (Å²) in [6, 6.07) is 3.44. The minimum absolute atomic E-state index is 0.0744. The summed E-state index contributed by atoms with van der Waals surface area (Å²) in [5.74, 6) is -0.129. The van der Waals surface area contributed by atoms with Crippen molar-refractivity contribution in [2.75, 3.05) is 17.2 Å². The summed E-state index contributed by atoms with van der Waals surface area (Å²) in [5, 5.41) is 23.5. The van der Waals surface area contributed by atoms with Crippen LogP contribution in [0.25, 0.3) is 22.6 Å². The van der Waals surface area contributed by atoms with Gasteiger partial charge in [-0.15, -0.1) is 0 Å². The molecule has 234 valence electrons. The average Bonchev–Trinajstić information content (AvgIpc) is 3.57. The van der Waals surface area contributed by atoms with Crippen LogP contribution in [0.3, 0.4) is 0 Å². The number of hydrogen-bond acceptors (Lipinski definition) is 10. The summed E-state index contributed by atoms with van der Waals surface area (Å²) in [5.41, 5.74) is 1.99. The van der Waals surface area contributed by atoms with E-state index in [0.29, 0.717) is 41.3 Å². The lowest BCUT2D eigenvalue weighted by molar-refractivity contribution is 0.122. The van der Waals surface area contributed by atoms with Gasteiger partial charge in [-0.05, 0) is 56.9 Å². The number of nitrogens with one attached hydrogen (secondary N) is 2. The Labute approximate surface area is 251 Å². The molecule has 0 spiro atoms. The lowest BCUT2D eigenvalue weighted by Crippen LogP contribution is -2.26. The number of hydrogen-bond donors (Lipinski definition) is 3. The molecule has 4 aromatic rings. The van der Waals surface area contributed by atoms with Crippen molar-refractivity contribution in [3.8, 4) is 22.6 Å². The standard InChI is InChI=1S/C28H32F3N9O3S/c29-22-14-33-27(18-12-34-40(15-18)44(42,43)20-5-6-20)37-28(22)36-26-11-24(35-19-3-1-17(2-4-19)8-10-41)21(13-32-26)23-7-9-39(38-23)16-25(30)31/h7,9,11-15,17,19-20,25,41H,1-6,8,10,16H2,(H2,32,33,35,36,37). The zero-order valence-corrected chi connectivity index (χ0v) is 24.5. The molecule has 0 bridgehead atoms. The number of nitrogens with zero attached hydrogens (tertiary/aromatic N) is 7. The zero-order valence-electron chi connectivity index (χ0n) is 23.7. The summed E-state index contributed by atoms with van der Waals surface area (Å²) in [6.07, 6.45) is 9.68. The molecule has 2 fully saturated rings. The first-order valence-electron chi connectivity index (χ1n) is 14.5. The predicted octanol–water partition coefficient (Wildman–Crippen LogP) is 4.44. The Morgan fingerprint density at radius 1 is 1.07 bits per heavy atom. The Bertz CT molecular complexity index is 1720. The number of halogens is 3. The van der Waals surface area contributed by atoms with E-state index in [0.717, 1.165) is 42.4 Å². The fourth-order valence-corrected chi connectivity index (χ4v) is 6.86. The van der Waals surface area contributed by atoms with Gasteiger partial charge >= 0.3 is 0 Å². The van der Waals surface area contributed by atoms with Crippen molar-refractivity contribution in [2.24, 2.45) is 5.92 Å². The van der Waals surface area contributed by atoms with E-state index in [2.05, 4.69) is 35.8 Å². The second kappa shape index (κ2) is 12.5. The van der Waals surface area contributed by atoms with Crippen LogP contribution in [0.15, 0.2) is 43.1 Å². The number of aliphatic hydroxyl groups is 1. The molecule has 12 nitrogen and oxygen atoms in total. The summed E-state index contributed by atoms with van der Waals surface area (Å²) in [6.45, 7) is -0.373. The Hall–Kier alpha value is -4.05. The van der Waals surface area contributed by atoms with Crippen molar-refractivity contribution in [1.29, 1.82) is 0 Å². The molecule has 2 aliphatic carbocycles. The molecule has 2 saturated carbocycles. The number of aliphatic hydroxyl groups excluding tert-OH is 1. The van der Waals surface area contributed by atoms with E-state index in [4.69, 9.17) is 0 Å². The van der Waals surface area contributed by atoms with Crippen LogP contribution < -0.4 is 10.6 Å². The number of aromatic nitrogens is 7. The highest BCUT2D eigenvalue weighted by Crippen LogP contribution is 2.34. The second-order valence-corrected chi connectivity index (χ2v) is 13.2. The van der Waals surface area contributed by atoms with Crippen LogP contribution in [-0.2, 0) is 16.6 Å². The van der Waals surface area contributed by atoms with Gasteiger partial charge in [-0.3, -0.25) is 4.68 Å². The number of anilines is 3. The van der Waals surface area contributed by atoms with Crippen LogP contribution in [0.2, 0.25) is 0 Å². The van der Waals surface area contributed by atoms with Gasteiger partial charge in [0.15, 0.2) is 17.5 Å². The molecule has 0 saturated heterocycles. The van der Waals surface area contributed by atoms with Crippen molar-refractivity contribution in [3.63, 3.8) is 0 Å². The SMILES string of the molecule is O=S(=O)(C1CC1)n1cc(-c2ncc(F)c(Nc3cc(NC4CCC(CCO)CC4)c(-c4ccn(CC(F)F)n4)cn3)n2)cn1. The van der Waals surface area contributed by atoms with E-state index in [9.17, 15) is 26.7 Å². The van der Waals surface area contributed by atoms with Crippen molar-refractivity contribution < 1.29 is 26.7 Å². The van der Waals surface area contributed by atoms with E-state index in [1.807, 2.05) is 0 Å². The monoisotopic (exact) mass is 631 g/mol. The summed E-state index contributed by atoms with van der Waals surface area (Å²) in [4.78, 5) is 12.7. The Balaban J connectivity index is 1.26. The van der Waals surface area contributed by atoms with Crippen LogP contribution in [0.4, 0.5) is 30.5 Å². The number of pyridine rings is 1. The molecule has 2 aliphatic rings. The molecule has 4 heterocycles. The molecule has 0 radical (unpaired) electrons. The molecule has 3 N–H and O–H groups in total. The fraction of sp³-hybridized carbons (Fsp3) is 0.464. The first-order chi connectivity index (χ1) is 21.2. The molecule has 0 atom stereocenters. The Morgan fingerprint density at radius 3 is 2.59 bits per heavy atom. The van der Waals surface area contributed by atoms with Gasteiger partial charge in [0.1, 0.15) is 12.4 Å². The van der Waals surface area contributed by atoms with Crippen LogP contribution in [0, 0.1) is 11.7 Å². The minimum Gasteiger partial charge on any atom is -0.396 e. The molecule has 6 rings (SSSR count). The third-order valence-electron chi connectivity index (χ3n) is 7.90.